The molecule has 1 N–H and O–H groups in total. The van der Waals surface area contributed by atoms with Gasteiger partial charge in [-0.15, -0.1) is 5.10 Å². The number of carboxylic acid groups (broad SMARTS) is 1. The standard InChI is InChI=1S/C13H13F2N3O2/c1-13(2,3)11-10(12(19)20)16-17-18(11)9-5-4-7(14)6-8(9)15/h4-6H,1-3H3,(H,19,20). The SMILES string of the molecule is CC(C)(C)c1c(C(=O)O)nnn1-c1ccc(F)cc1F. The van der Waals surface area contributed by atoms with Crippen molar-refractivity contribution in [2.75, 3.05) is 0 Å². The van der Waals surface area contributed by atoms with Crippen LogP contribution in [0.4, 0.5) is 8.78 Å². The fourth-order valence-electron chi connectivity index (χ4n) is 1.92. The molecular formula is C13H13F2N3O2. The van der Waals surface area contributed by atoms with E-state index in [4.69, 9.17) is 5.11 Å². The zero-order chi connectivity index (χ0) is 15.1. The molecule has 0 fully saturated rings. The Morgan fingerprint density at radius 1 is 1.30 bits per heavy atom. The van der Waals surface area contributed by atoms with Gasteiger partial charge in [0.1, 0.15) is 11.5 Å². The van der Waals surface area contributed by atoms with Gasteiger partial charge >= 0.3 is 5.97 Å². The Morgan fingerprint density at radius 2 is 1.95 bits per heavy atom. The maximum Gasteiger partial charge on any atom is 0.358 e. The van der Waals surface area contributed by atoms with Crippen molar-refractivity contribution in [3.05, 3.63) is 41.2 Å². The Balaban J connectivity index is 2.72. The van der Waals surface area contributed by atoms with Gasteiger partial charge in [0, 0.05) is 11.5 Å². The molecule has 0 spiro atoms. The van der Waals surface area contributed by atoms with Gasteiger partial charge in [-0.05, 0) is 12.1 Å². The van der Waals surface area contributed by atoms with Gasteiger partial charge in [0.05, 0.1) is 5.69 Å². The number of benzene rings is 1. The van der Waals surface area contributed by atoms with Gasteiger partial charge in [0.2, 0.25) is 0 Å². The van der Waals surface area contributed by atoms with Crippen molar-refractivity contribution in [1.82, 2.24) is 15.0 Å². The Hall–Kier alpha value is -2.31. The van der Waals surface area contributed by atoms with Crippen molar-refractivity contribution in [1.29, 1.82) is 0 Å². The Labute approximate surface area is 113 Å². The highest BCUT2D eigenvalue weighted by molar-refractivity contribution is 5.87. The summed E-state index contributed by atoms with van der Waals surface area (Å²) >= 11 is 0. The first-order valence-electron chi connectivity index (χ1n) is 5.86. The number of aromatic nitrogens is 3. The van der Waals surface area contributed by atoms with Crippen molar-refractivity contribution < 1.29 is 18.7 Å². The van der Waals surface area contributed by atoms with Gasteiger partial charge < -0.3 is 5.11 Å². The fourth-order valence-corrected chi connectivity index (χ4v) is 1.92. The van der Waals surface area contributed by atoms with Gasteiger partial charge in [-0.25, -0.2) is 18.3 Å². The third-order valence-electron chi connectivity index (χ3n) is 2.72. The molecule has 0 aliphatic rings. The summed E-state index contributed by atoms with van der Waals surface area (Å²) in [6.45, 7) is 5.28. The minimum atomic E-state index is -1.25. The van der Waals surface area contributed by atoms with Crippen LogP contribution in [0.25, 0.3) is 5.69 Å². The van der Waals surface area contributed by atoms with E-state index in [2.05, 4.69) is 10.3 Å². The van der Waals surface area contributed by atoms with Crippen LogP contribution in [0.1, 0.15) is 37.0 Å². The minimum absolute atomic E-state index is 0.0451. The van der Waals surface area contributed by atoms with Crippen LogP contribution in [-0.4, -0.2) is 26.1 Å². The van der Waals surface area contributed by atoms with Crippen LogP contribution in [0, 0.1) is 11.6 Å². The average Bonchev–Trinajstić information content (AvgIpc) is 2.73. The summed E-state index contributed by atoms with van der Waals surface area (Å²) in [6, 6.07) is 2.98. The van der Waals surface area contributed by atoms with Gasteiger partial charge in [0.15, 0.2) is 11.5 Å². The molecule has 2 aromatic rings. The largest absolute Gasteiger partial charge is 0.476 e. The molecular weight excluding hydrogens is 268 g/mol. The number of carbonyl (C=O) groups is 1. The highest BCUT2D eigenvalue weighted by Crippen LogP contribution is 2.28. The number of nitrogens with zero attached hydrogens (tertiary/aromatic N) is 3. The molecule has 2 rings (SSSR count). The topological polar surface area (TPSA) is 68.0 Å². The lowest BCUT2D eigenvalue weighted by atomic mass is 9.90. The molecule has 0 saturated carbocycles. The molecule has 0 atom stereocenters. The molecule has 5 nitrogen and oxygen atoms in total. The zero-order valence-electron chi connectivity index (χ0n) is 11.2. The quantitative estimate of drug-likeness (QED) is 0.918. The second-order valence-corrected chi connectivity index (χ2v) is 5.35. The molecule has 1 aromatic heterocycles. The lowest BCUT2D eigenvalue weighted by Crippen LogP contribution is -2.21. The maximum absolute atomic E-state index is 13.8. The summed E-state index contributed by atoms with van der Waals surface area (Å²) in [7, 11) is 0. The van der Waals surface area contributed by atoms with Crippen molar-refractivity contribution in [3.63, 3.8) is 0 Å². The molecule has 0 aliphatic heterocycles. The maximum atomic E-state index is 13.8. The first kappa shape index (κ1) is 14.1. The smallest absolute Gasteiger partial charge is 0.358 e. The average molecular weight is 281 g/mol. The number of aromatic carboxylic acids is 1. The predicted octanol–water partition coefficient (Wildman–Crippen LogP) is 2.54. The molecule has 0 saturated heterocycles. The van der Waals surface area contributed by atoms with Crippen LogP contribution in [0.2, 0.25) is 0 Å². The summed E-state index contributed by atoms with van der Waals surface area (Å²) in [4.78, 5) is 11.2. The Morgan fingerprint density at radius 3 is 2.45 bits per heavy atom. The van der Waals surface area contributed by atoms with Gasteiger partial charge in [0.25, 0.3) is 0 Å². The van der Waals surface area contributed by atoms with E-state index in [1.807, 2.05) is 0 Å². The summed E-state index contributed by atoms with van der Waals surface area (Å²) < 4.78 is 27.9. The lowest BCUT2D eigenvalue weighted by Gasteiger charge is -2.20. The summed E-state index contributed by atoms with van der Waals surface area (Å²) in [5.74, 6) is -2.80. The molecule has 0 unspecified atom stereocenters. The molecule has 1 heterocycles. The van der Waals surface area contributed by atoms with Gasteiger partial charge in [-0.3, -0.25) is 0 Å². The predicted molar refractivity (Wildman–Crippen MR) is 66.9 cm³/mol. The number of halogens is 2. The lowest BCUT2D eigenvalue weighted by molar-refractivity contribution is 0.0687. The van der Waals surface area contributed by atoms with Crippen molar-refractivity contribution >= 4 is 5.97 Å². The highest BCUT2D eigenvalue weighted by Gasteiger charge is 2.30. The molecule has 0 aliphatic carbocycles. The van der Waals surface area contributed by atoms with E-state index in [0.717, 1.165) is 10.7 Å². The molecule has 1 aromatic carbocycles. The molecule has 7 heteroatoms. The highest BCUT2D eigenvalue weighted by atomic mass is 19.1. The van der Waals surface area contributed by atoms with Gasteiger partial charge in [-0.2, -0.15) is 0 Å². The Bertz CT molecular complexity index is 675. The van der Waals surface area contributed by atoms with Crippen LogP contribution in [0.5, 0.6) is 0 Å². The number of rotatable bonds is 2. The molecule has 0 bridgehead atoms. The van der Waals surface area contributed by atoms with E-state index in [1.165, 1.54) is 6.07 Å². The second kappa shape index (κ2) is 4.66. The summed E-state index contributed by atoms with van der Waals surface area (Å²) in [5.41, 5.74) is -0.675. The van der Waals surface area contributed by atoms with Crippen LogP contribution in [-0.2, 0) is 5.41 Å². The second-order valence-electron chi connectivity index (χ2n) is 5.35. The fraction of sp³-hybridized carbons (Fsp3) is 0.308. The van der Waals surface area contributed by atoms with E-state index in [0.29, 0.717) is 6.07 Å². The normalized spacial score (nSPS) is 11.7. The Kier molecular flexibility index (Phi) is 3.29. The van der Waals surface area contributed by atoms with Gasteiger partial charge in [-0.1, -0.05) is 26.0 Å². The molecule has 106 valence electrons. The number of hydrogen-bond donors (Lipinski definition) is 1. The third kappa shape index (κ3) is 2.38. The summed E-state index contributed by atoms with van der Waals surface area (Å²) in [6.07, 6.45) is 0. The number of hydrogen-bond acceptors (Lipinski definition) is 3. The first-order chi connectivity index (χ1) is 9.21. The van der Waals surface area contributed by atoms with Crippen molar-refractivity contribution in [2.45, 2.75) is 26.2 Å². The van der Waals surface area contributed by atoms with Crippen LogP contribution >= 0.6 is 0 Å². The minimum Gasteiger partial charge on any atom is -0.476 e. The third-order valence-corrected chi connectivity index (χ3v) is 2.72. The van der Waals surface area contributed by atoms with Crippen molar-refractivity contribution in [2.24, 2.45) is 0 Å². The molecule has 0 radical (unpaired) electrons. The number of carboxylic acids is 1. The van der Waals surface area contributed by atoms with E-state index in [1.54, 1.807) is 20.8 Å². The van der Waals surface area contributed by atoms with E-state index in [9.17, 15) is 13.6 Å². The monoisotopic (exact) mass is 281 g/mol. The first-order valence-corrected chi connectivity index (χ1v) is 5.86. The molecule has 20 heavy (non-hydrogen) atoms. The van der Waals surface area contributed by atoms with E-state index < -0.39 is 23.0 Å². The zero-order valence-corrected chi connectivity index (χ0v) is 11.2. The molecule has 0 amide bonds. The van der Waals surface area contributed by atoms with Crippen molar-refractivity contribution in [3.8, 4) is 5.69 Å². The van der Waals surface area contributed by atoms with Crippen LogP contribution in [0.3, 0.4) is 0 Å². The van der Waals surface area contributed by atoms with E-state index in [-0.39, 0.29) is 17.1 Å². The van der Waals surface area contributed by atoms with Crippen LogP contribution < -0.4 is 0 Å². The van der Waals surface area contributed by atoms with E-state index >= 15 is 0 Å². The summed E-state index contributed by atoms with van der Waals surface area (Å²) in [5, 5.41) is 16.4. The van der Waals surface area contributed by atoms with Crippen LogP contribution in [0.15, 0.2) is 18.2 Å².